The maximum atomic E-state index is 3.89. The Morgan fingerprint density at radius 3 is 2.28 bits per heavy atom. The summed E-state index contributed by atoms with van der Waals surface area (Å²) in [6.07, 6.45) is 16.8. The van der Waals surface area contributed by atoms with Gasteiger partial charge < -0.3 is 5.32 Å². The zero-order chi connectivity index (χ0) is 12.8. The first kappa shape index (κ1) is 14.7. The van der Waals surface area contributed by atoms with E-state index in [-0.39, 0.29) is 0 Å². The average molecular weight is 269 g/mol. The monoisotopic (exact) mass is 269 g/mol. The van der Waals surface area contributed by atoms with Crippen molar-refractivity contribution in [1.29, 1.82) is 0 Å². The maximum absolute atomic E-state index is 3.89. The molecule has 0 aromatic rings. The molecular formula is C16H31NS. The lowest BCUT2D eigenvalue weighted by Crippen LogP contribution is -2.45. The highest BCUT2D eigenvalue weighted by molar-refractivity contribution is 8.00. The number of thioether (sulfide) groups is 1. The molecule has 1 nitrogen and oxygen atoms in total. The molecule has 0 aromatic heterocycles. The fourth-order valence-electron chi connectivity index (χ4n) is 3.80. The molecule has 106 valence electrons. The van der Waals surface area contributed by atoms with E-state index in [1.54, 1.807) is 0 Å². The minimum atomic E-state index is 0.557. The lowest BCUT2D eigenvalue weighted by atomic mass is 9.83. The van der Waals surface area contributed by atoms with Gasteiger partial charge in [-0.1, -0.05) is 38.5 Å². The van der Waals surface area contributed by atoms with Gasteiger partial charge in [0.25, 0.3) is 0 Å². The molecule has 0 bridgehead atoms. The first-order chi connectivity index (χ1) is 8.76. The van der Waals surface area contributed by atoms with E-state index in [9.17, 15) is 0 Å². The number of rotatable bonds is 5. The summed E-state index contributed by atoms with van der Waals surface area (Å²) in [6.45, 7) is 3.67. The summed E-state index contributed by atoms with van der Waals surface area (Å²) in [6, 6.07) is 0.733. The summed E-state index contributed by atoms with van der Waals surface area (Å²) in [7, 11) is 0. The fraction of sp³-hybridized carbons (Fsp3) is 1.00. The Balaban J connectivity index is 1.77. The minimum Gasteiger partial charge on any atom is -0.313 e. The molecule has 1 unspecified atom stereocenters. The van der Waals surface area contributed by atoms with Gasteiger partial charge in [0.1, 0.15) is 0 Å². The predicted octanol–water partition coefficient (Wildman–Crippen LogP) is 4.61. The van der Waals surface area contributed by atoms with Gasteiger partial charge in [0.2, 0.25) is 0 Å². The van der Waals surface area contributed by atoms with Crippen molar-refractivity contribution < 1.29 is 0 Å². The zero-order valence-corrected chi connectivity index (χ0v) is 13.2. The molecule has 0 heterocycles. The van der Waals surface area contributed by atoms with Crippen LogP contribution in [-0.2, 0) is 0 Å². The van der Waals surface area contributed by atoms with Crippen molar-refractivity contribution in [2.45, 2.75) is 81.9 Å². The molecule has 2 heteroatoms. The maximum Gasteiger partial charge on any atom is 0.0281 e. The molecule has 0 radical (unpaired) electrons. The second-order valence-electron chi connectivity index (χ2n) is 6.52. The summed E-state index contributed by atoms with van der Waals surface area (Å²) in [5.41, 5.74) is 0. The van der Waals surface area contributed by atoms with Gasteiger partial charge in [-0.25, -0.2) is 0 Å². The van der Waals surface area contributed by atoms with E-state index in [1.165, 1.54) is 70.8 Å². The molecular weight excluding hydrogens is 238 g/mol. The van der Waals surface area contributed by atoms with Crippen molar-refractivity contribution in [3.8, 4) is 0 Å². The van der Waals surface area contributed by atoms with Crippen molar-refractivity contribution in [3.05, 3.63) is 0 Å². The van der Waals surface area contributed by atoms with Crippen LogP contribution in [-0.4, -0.2) is 23.6 Å². The van der Waals surface area contributed by atoms with Gasteiger partial charge in [0.05, 0.1) is 0 Å². The molecule has 18 heavy (non-hydrogen) atoms. The minimum absolute atomic E-state index is 0.557. The van der Waals surface area contributed by atoms with Gasteiger partial charge in [0, 0.05) is 17.3 Å². The van der Waals surface area contributed by atoms with E-state index in [2.05, 4.69) is 30.3 Å². The largest absolute Gasteiger partial charge is 0.313 e. The van der Waals surface area contributed by atoms with E-state index in [4.69, 9.17) is 0 Å². The zero-order valence-electron chi connectivity index (χ0n) is 12.3. The van der Waals surface area contributed by atoms with Crippen LogP contribution in [0.5, 0.6) is 0 Å². The quantitative estimate of drug-likeness (QED) is 0.782. The van der Waals surface area contributed by atoms with Crippen molar-refractivity contribution in [2.24, 2.45) is 5.92 Å². The number of nitrogens with one attached hydrogen (secondary N) is 1. The van der Waals surface area contributed by atoms with E-state index in [0.717, 1.165) is 12.0 Å². The van der Waals surface area contributed by atoms with Crippen LogP contribution in [0.4, 0.5) is 0 Å². The van der Waals surface area contributed by atoms with Crippen LogP contribution in [0.25, 0.3) is 0 Å². The molecule has 0 aromatic carbocycles. The Kier molecular flexibility index (Phi) is 5.88. The molecule has 1 atom stereocenters. The Hall–Kier alpha value is 0.310. The summed E-state index contributed by atoms with van der Waals surface area (Å²) in [5.74, 6) is 0.946. The molecule has 2 fully saturated rings. The van der Waals surface area contributed by atoms with Crippen molar-refractivity contribution >= 4 is 11.8 Å². The van der Waals surface area contributed by atoms with Crippen molar-refractivity contribution in [3.63, 3.8) is 0 Å². The highest BCUT2D eigenvalue weighted by Crippen LogP contribution is 2.38. The standard InChI is InChI=1S/C16H31NS/c1-14(15-9-5-3-6-10-15)17-13-16(18-2)11-7-4-8-12-16/h14-15,17H,3-13H2,1-2H3. The van der Waals surface area contributed by atoms with Crippen LogP contribution >= 0.6 is 11.8 Å². The Morgan fingerprint density at radius 2 is 1.67 bits per heavy atom. The molecule has 0 saturated heterocycles. The molecule has 2 aliphatic rings. The lowest BCUT2D eigenvalue weighted by Gasteiger charge is -2.38. The molecule has 2 rings (SSSR count). The topological polar surface area (TPSA) is 12.0 Å². The SMILES string of the molecule is CSC1(CNC(C)C2CCCCC2)CCCCC1. The first-order valence-corrected chi connectivity index (χ1v) is 9.27. The van der Waals surface area contributed by atoms with E-state index >= 15 is 0 Å². The van der Waals surface area contributed by atoms with Crippen LogP contribution in [0, 0.1) is 5.92 Å². The summed E-state index contributed by atoms with van der Waals surface area (Å²) >= 11 is 2.12. The third kappa shape index (κ3) is 3.90. The van der Waals surface area contributed by atoms with Crippen molar-refractivity contribution in [1.82, 2.24) is 5.32 Å². The Morgan fingerprint density at radius 1 is 1.06 bits per heavy atom. The predicted molar refractivity (Wildman–Crippen MR) is 83.4 cm³/mol. The highest BCUT2D eigenvalue weighted by atomic mass is 32.2. The lowest BCUT2D eigenvalue weighted by molar-refractivity contribution is 0.266. The van der Waals surface area contributed by atoms with Gasteiger partial charge in [-0.05, 0) is 44.8 Å². The third-order valence-electron chi connectivity index (χ3n) is 5.30. The first-order valence-electron chi connectivity index (χ1n) is 8.04. The molecule has 0 spiro atoms. The summed E-state index contributed by atoms with van der Waals surface area (Å²) < 4.78 is 0.557. The Labute approximate surface area is 118 Å². The third-order valence-corrected chi connectivity index (χ3v) is 6.72. The van der Waals surface area contributed by atoms with Gasteiger partial charge in [-0.3, -0.25) is 0 Å². The average Bonchev–Trinajstić information content (AvgIpc) is 2.47. The molecule has 0 aliphatic heterocycles. The molecule has 1 N–H and O–H groups in total. The second-order valence-corrected chi connectivity index (χ2v) is 7.79. The smallest absolute Gasteiger partial charge is 0.0281 e. The Bertz CT molecular complexity index is 229. The van der Waals surface area contributed by atoms with E-state index in [1.807, 2.05) is 0 Å². The van der Waals surface area contributed by atoms with Crippen molar-refractivity contribution in [2.75, 3.05) is 12.8 Å². The van der Waals surface area contributed by atoms with E-state index in [0.29, 0.717) is 4.75 Å². The highest BCUT2D eigenvalue weighted by Gasteiger charge is 2.32. The van der Waals surface area contributed by atoms with Gasteiger partial charge in [-0.15, -0.1) is 0 Å². The fourth-order valence-corrected chi connectivity index (χ4v) is 4.72. The van der Waals surface area contributed by atoms with Crippen LogP contribution in [0.3, 0.4) is 0 Å². The van der Waals surface area contributed by atoms with Gasteiger partial charge in [-0.2, -0.15) is 11.8 Å². The van der Waals surface area contributed by atoms with Gasteiger partial charge >= 0.3 is 0 Å². The van der Waals surface area contributed by atoms with Crippen LogP contribution in [0.2, 0.25) is 0 Å². The summed E-state index contributed by atoms with van der Waals surface area (Å²) in [4.78, 5) is 0. The second kappa shape index (κ2) is 7.19. The van der Waals surface area contributed by atoms with E-state index < -0.39 is 0 Å². The van der Waals surface area contributed by atoms with Crippen LogP contribution in [0.15, 0.2) is 0 Å². The van der Waals surface area contributed by atoms with Crippen LogP contribution < -0.4 is 5.32 Å². The number of hydrogen-bond donors (Lipinski definition) is 1. The molecule has 0 amide bonds. The van der Waals surface area contributed by atoms with Gasteiger partial charge in [0.15, 0.2) is 0 Å². The summed E-state index contributed by atoms with van der Waals surface area (Å²) in [5, 5.41) is 3.89. The normalized spacial score (nSPS) is 27.0. The number of hydrogen-bond acceptors (Lipinski definition) is 2. The molecule has 2 saturated carbocycles. The molecule has 2 aliphatic carbocycles. The van der Waals surface area contributed by atoms with Crippen LogP contribution in [0.1, 0.15) is 71.1 Å².